The van der Waals surface area contributed by atoms with Gasteiger partial charge >= 0.3 is 0 Å². The zero-order chi connectivity index (χ0) is 14.4. The van der Waals surface area contributed by atoms with Crippen LogP contribution in [0, 0.1) is 6.92 Å². The summed E-state index contributed by atoms with van der Waals surface area (Å²) in [5.41, 5.74) is 3.53. The molecule has 2 nitrogen and oxygen atoms in total. The molecule has 1 unspecified atom stereocenters. The van der Waals surface area contributed by atoms with Crippen molar-refractivity contribution >= 4 is 22.7 Å². The van der Waals surface area contributed by atoms with E-state index in [1.54, 1.807) is 0 Å². The third-order valence-corrected chi connectivity index (χ3v) is 4.60. The van der Waals surface area contributed by atoms with Crippen molar-refractivity contribution in [2.75, 3.05) is 18.1 Å². The Hall–Kier alpha value is -1.06. The smallest absolute Gasteiger partial charge is 0.0705 e. The average molecular weight is 288 g/mol. The van der Waals surface area contributed by atoms with Gasteiger partial charge in [0.2, 0.25) is 0 Å². The van der Waals surface area contributed by atoms with Crippen LogP contribution in [0.15, 0.2) is 30.3 Å². The van der Waals surface area contributed by atoms with Crippen LogP contribution in [-0.4, -0.2) is 23.0 Å². The Kier molecular flexibility index (Phi) is 5.86. The Bertz CT molecular complexity index is 554. The number of hydrogen-bond donors (Lipinski definition) is 1. The second kappa shape index (κ2) is 7.65. The Balaban J connectivity index is 2.21. The first kappa shape index (κ1) is 15.3. The predicted molar refractivity (Wildman–Crippen MR) is 90.5 cm³/mol. The summed E-state index contributed by atoms with van der Waals surface area (Å²) in [6.45, 7) is 7.44. The molecule has 1 atom stereocenters. The SMILES string of the molecule is CCCSCC(NCC)c1ccc2nc(C)ccc2c1. The van der Waals surface area contributed by atoms with Gasteiger partial charge in [-0.15, -0.1) is 0 Å². The quantitative estimate of drug-likeness (QED) is 0.767. The number of aryl methyl sites for hydroxylation is 1. The molecular formula is C17H24N2S. The van der Waals surface area contributed by atoms with E-state index in [0.717, 1.165) is 23.5 Å². The Morgan fingerprint density at radius 3 is 2.80 bits per heavy atom. The largest absolute Gasteiger partial charge is 0.310 e. The molecule has 0 spiro atoms. The number of rotatable bonds is 7. The van der Waals surface area contributed by atoms with E-state index in [9.17, 15) is 0 Å². The summed E-state index contributed by atoms with van der Waals surface area (Å²) in [6, 6.07) is 11.3. The Morgan fingerprint density at radius 1 is 1.20 bits per heavy atom. The molecule has 1 N–H and O–H groups in total. The minimum Gasteiger partial charge on any atom is -0.310 e. The van der Waals surface area contributed by atoms with E-state index in [1.165, 1.54) is 23.1 Å². The lowest BCUT2D eigenvalue weighted by Gasteiger charge is -2.18. The molecule has 0 saturated carbocycles. The van der Waals surface area contributed by atoms with Gasteiger partial charge in [0, 0.05) is 22.9 Å². The number of aromatic nitrogens is 1. The van der Waals surface area contributed by atoms with Gasteiger partial charge in [0.25, 0.3) is 0 Å². The fourth-order valence-corrected chi connectivity index (χ4v) is 3.33. The minimum atomic E-state index is 0.433. The highest BCUT2D eigenvalue weighted by Gasteiger charge is 2.11. The average Bonchev–Trinajstić information content (AvgIpc) is 2.46. The maximum atomic E-state index is 4.57. The van der Waals surface area contributed by atoms with E-state index < -0.39 is 0 Å². The molecule has 0 fully saturated rings. The first-order chi connectivity index (χ1) is 9.74. The molecular weight excluding hydrogens is 264 g/mol. The molecule has 20 heavy (non-hydrogen) atoms. The van der Waals surface area contributed by atoms with Gasteiger partial charge in [-0.05, 0) is 49.4 Å². The van der Waals surface area contributed by atoms with Crippen molar-refractivity contribution in [3.05, 3.63) is 41.6 Å². The van der Waals surface area contributed by atoms with Gasteiger partial charge in [0.05, 0.1) is 5.52 Å². The Morgan fingerprint density at radius 2 is 2.05 bits per heavy atom. The van der Waals surface area contributed by atoms with Gasteiger partial charge in [0.1, 0.15) is 0 Å². The molecule has 0 amide bonds. The van der Waals surface area contributed by atoms with Crippen LogP contribution in [0.3, 0.4) is 0 Å². The van der Waals surface area contributed by atoms with Crippen LogP contribution < -0.4 is 5.32 Å². The van der Waals surface area contributed by atoms with Crippen LogP contribution in [0.4, 0.5) is 0 Å². The van der Waals surface area contributed by atoms with Crippen LogP contribution in [-0.2, 0) is 0 Å². The molecule has 1 aromatic heterocycles. The maximum absolute atomic E-state index is 4.57. The molecule has 1 heterocycles. The first-order valence-electron chi connectivity index (χ1n) is 7.43. The van der Waals surface area contributed by atoms with Crippen molar-refractivity contribution < 1.29 is 0 Å². The first-order valence-corrected chi connectivity index (χ1v) is 8.58. The van der Waals surface area contributed by atoms with E-state index in [4.69, 9.17) is 0 Å². The van der Waals surface area contributed by atoms with Gasteiger partial charge < -0.3 is 5.32 Å². The van der Waals surface area contributed by atoms with E-state index in [0.29, 0.717) is 6.04 Å². The summed E-state index contributed by atoms with van der Waals surface area (Å²) in [4.78, 5) is 4.57. The number of pyridine rings is 1. The molecule has 2 rings (SSSR count). The van der Waals surface area contributed by atoms with Gasteiger partial charge in [-0.3, -0.25) is 4.98 Å². The molecule has 3 heteroatoms. The number of hydrogen-bond acceptors (Lipinski definition) is 3. The third kappa shape index (κ3) is 3.97. The lowest BCUT2D eigenvalue weighted by Crippen LogP contribution is -2.23. The normalized spacial score (nSPS) is 12.8. The van der Waals surface area contributed by atoms with Crippen molar-refractivity contribution in [1.82, 2.24) is 10.3 Å². The van der Waals surface area contributed by atoms with Gasteiger partial charge in [0.15, 0.2) is 0 Å². The summed E-state index contributed by atoms with van der Waals surface area (Å²) in [7, 11) is 0. The topological polar surface area (TPSA) is 24.9 Å². The highest BCUT2D eigenvalue weighted by atomic mass is 32.2. The van der Waals surface area contributed by atoms with Crippen LogP contribution >= 0.6 is 11.8 Å². The van der Waals surface area contributed by atoms with E-state index in [1.807, 2.05) is 18.7 Å². The van der Waals surface area contributed by atoms with Gasteiger partial charge in [-0.25, -0.2) is 0 Å². The van der Waals surface area contributed by atoms with Crippen molar-refractivity contribution in [2.24, 2.45) is 0 Å². The number of nitrogens with zero attached hydrogens (tertiary/aromatic N) is 1. The van der Waals surface area contributed by atoms with Crippen LogP contribution in [0.5, 0.6) is 0 Å². The zero-order valence-corrected chi connectivity index (χ0v) is 13.5. The van der Waals surface area contributed by atoms with Crippen LogP contribution in [0.25, 0.3) is 10.9 Å². The molecule has 0 bridgehead atoms. The van der Waals surface area contributed by atoms with Crippen molar-refractivity contribution in [1.29, 1.82) is 0 Å². The van der Waals surface area contributed by atoms with E-state index in [-0.39, 0.29) is 0 Å². The molecule has 2 aromatic rings. The monoisotopic (exact) mass is 288 g/mol. The van der Waals surface area contributed by atoms with Crippen molar-refractivity contribution in [3.63, 3.8) is 0 Å². The number of benzene rings is 1. The minimum absolute atomic E-state index is 0.433. The molecule has 0 aliphatic carbocycles. The second-order valence-corrected chi connectivity index (χ2v) is 6.24. The zero-order valence-electron chi connectivity index (χ0n) is 12.6. The molecule has 0 radical (unpaired) electrons. The molecule has 0 aliphatic rings. The number of nitrogens with one attached hydrogen (secondary N) is 1. The maximum Gasteiger partial charge on any atom is 0.0705 e. The van der Waals surface area contributed by atoms with Crippen molar-refractivity contribution in [2.45, 2.75) is 33.2 Å². The fraction of sp³-hybridized carbons (Fsp3) is 0.471. The second-order valence-electron chi connectivity index (χ2n) is 5.09. The number of fused-ring (bicyclic) bond motifs is 1. The third-order valence-electron chi connectivity index (χ3n) is 3.34. The lowest BCUT2D eigenvalue weighted by molar-refractivity contribution is 0.606. The van der Waals surface area contributed by atoms with E-state index >= 15 is 0 Å². The molecule has 1 aromatic carbocycles. The summed E-state index contributed by atoms with van der Waals surface area (Å²) in [5, 5.41) is 4.83. The predicted octanol–water partition coefficient (Wildman–Crippen LogP) is 4.34. The fourth-order valence-electron chi connectivity index (χ4n) is 2.33. The summed E-state index contributed by atoms with van der Waals surface area (Å²) >= 11 is 2.03. The summed E-state index contributed by atoms with van der Waals surface area (Å²) in [6.07, 6.45) is 1.24. The van der Waals surface area contributed by atoms with Crippen LogP contribution in [0.2, 0.25) is 0 Å². The van der Waals surface area contributed by atoms with E-state index in [2.05, 4.69) is 54.5 Å². The standard InChI is InChI=1S/C17H24N2S/c1-4-10-20-12-17(18-5-2)15-8-9-16-14(11-15)7-6-13(3)19-16/h6-9,11,17-18H,4-5,10,12H2,1-3H3. The van der Waals surface area contributed by atoms with Crippen molar-refractivity contribution in [3.8, 4) is 0 Å². The summed E-state index contributed by atoms with van der Waals surface area (Å²) < 4.78 is 0. The lowest BCUT2D eigenvalue weighted by atomic mass is 10.0. The highest BCUT2D eigenvalue weighted by Crippen LogP contribution is 2.23. The van der Waals surface area contributed by atoms with Gasteiger partial charge in [-0.1, -0.05) is 26.0 Å². The highest BCUT2D eigenvalue weighted by molar-refractivity contribution is 7.99. The number of thioether (sulfide) groups is 1. The molecule has 108 valence electrons. The van der Waals surface area contributed by atoms with Gasteiger partial charge in [-0.2, -0.15) is 11.8 Å². The molecule has 0 saturated heterocycles. The molecule has 0 aliphatic heterocycles. The Labute approximate surface area is 126 Å². The summed E-state index contributed by atoms with van der Waals surface area (Å²) in [5.74, 6) is 2.36. The van der Waals surface area contributed by atoms with Crippen LogP contribution in [0.1, 0.15) is 37.6 Å².